The van der Waals surface area contributed by atoms with Gasteiger partial charge in [-0.2, -0.15) is 0 Å². The van der Waals surface area contributed by atoms with Gasteiger partial charge >= 0.3 is 5.97 Å². The minimum atomic E-state index is -3.21. The third-order valence-electron chi connectivity index (χ3n) is 2.34. The van der Waals surface area contributed by atoms with Gasteiger partial charge in [-0.05, 0) is 19.3 Å². The van der Waals surface area contributed by atoms with E-state index in [4.69, 9.17) is 11.6 Å². The molecule has 0 heterocycles. The van der Waals surface area contributed by atoms with Crippen LogP contribution in [-0.2, 0) is 19.6 Å². The molecule has 0 radical (unpaired) electrons. The molecular formula is C10H20ClNO4S. The fourth-order valence-electron chi connectivity index (χ4n) is 1.22. The molecule has 0 amide bonds. The second kappa shape index (κ2) is 8.72. The molecule has 0 bridgehead atoms. The van der Waals surface area contributed by atoms with Crippen molar-refractivity contribution < 1.29 is 17.9 Å². The lowest BCUT2D eigenvalue weighted by Gasteiger charge is -2.16. The Bertz CT molecular complexity index is 318. The highest BCUT2D eigenvalue weighted by molar-refractivity contribution is 7.89. The second-order valence-corrected chi connectivity index (χ2v) is 6.29. The molecule has 0 aliphatic rings. The number of nitrogens with zero attached hydrogens (tertiary/aromatic N) is 1. The highest BCUT2D eigenvalue weighted by Crippen LogP contribution is 2.05. The summed E-state index contributed by atoms with van der Waals surface area (Å²) in [5, 5.41) is 0. The van der Waals surface area contributed by atoms with E-state index in [0.717, 1.165) is 0 Å². The smallest absolute Gasteiger partial charge is 0.305 e. The van der Waals surface area contributed by atoms with E-state index in [-0.39, 0.29) is 18.1 Å². The first-order valence-electron chi connectivity index (χ1n) is 5.51. The average molecular weight is 286 g/mol. The molecule has 0 atom stereocenters. The Morgan fingerprint density at radius 1 is 1.29 bits per heavy atom. The molecule has 5 nitrogen and oxygen atoms in total. The van der Waals surface area contributed by atoms with Crippen molar-refractivity contribution in [3.63, 3.8) is 0 Å². The highest BCUT2D eigenvalue weighted by Gasteiger charge is 2.17. The molecular weight excluding hydrogens is 266 g/mol. The van der Waals surface area contributed by atoms with Crippen molar-refractivity contribution in [3.05, 3.63) is 0 Å². The fourth-order valence-corrected chi connectivity index (χ4v) is 2.70. The first-order chi connectivity index (χ1) is 7.94. The second-order valence-electron chi connectivity index (χ2n) is 3.71. The molecule has 0 aromatic carbocycles. The Hall–Kier alpha value is -0.330. The van der Waals surface area contributed by atoms with E-state index in [2.05, 4.69) is 4.74 Å². The largest absolute Gasteiger partial charge is 0.469 e. The van der Waals surface area contributed by atoms with Crippen molar-refractivity contribution in [2.75, 3.05) is 32.3 Å². The summed E-state index contributed by atoms with van der Waals surface area (Å²) >= 11 is 5.48. The van der Waals surface area contributed by atoms with Crippen LogP contribution in [0.15, 0.2) is 0 Å². The molecule has 0 saturated carbocycles. The topological polar surface area (TPSA) is 63.7 Å². The molecule has 0 unspecified atom stereocenters. The van der Waals surface area contributed by atoms with Gasteiger partial charge in [0, 0.05) is 25.9 Å². The fraction of sp³-hybridized carbons (Fsp3) is 0.900. The summed E-state index contributed by atoms with van der Waals surface area (Å²) in [5.74, 6) is 0.258. The molecule has 0 rings (SSSR count). The first kappa shape index (κ1) is 16.7. The summed E-state index contributed by atoms with van der Waals surface area (Å²) in [6.45, 7) is 0.332. The van der Waals surface area contributed by atoms with Crippen LogP contribution in [0.3, 0.4) is 0 Å². The molecule has 0 aromatic rings. The maximum atomic E-state index is 11.7. The summed E-state index contributed by atoms with van der Waals surface area (Å²) in [4.78, 5) is 10.8. The number of unbranched alkanes of at least 4 members (excludes halogenated alkanes) is 1. The zero-order chi connectivity index (χ0) is 13.3. The summed E-state index contributed by atoms with van der Waals surface area (Å²) < 4.78 is 29.2. The SMILES string of the molecule is COC(=O)CCCN(C)S(=O)(=O)CCCCCl. The number of hydrogen-bond donors (Lipinski definition) is 0. The van der Waals surface area contributed by atoms with Crippen LogP contribution in [0.2, 0.25) is 0 Å². The van der Waals surface area contributed by atoms with Crippen LogP contribution >= 0.6 is 11.6 Å². The van der Waals surface area contributed by atoms with Crippen LogP contribution in [0, 0.1) is 0 Å². The van der Waals surface area contributed by atoms with Crippen LogP contribution in [0.1, 0.15) is 25.7 Å². The number of halogens is 1. The third-order valence-corrected chi connectivity index (χ3v) is 4.55. The van der Waals surface area contributed by atoms with Gasteiger partial charge in [0.25, 0.3) is 0 Å². The number of rotatable bonds is 9. The van der Waals surface area contributed by atoms with Crippen molar-refractivity contribution in [2.45, 2.75) is 25.7 Å². The number of methoxy groups -OCH3 is 1. The van der Waals surface area contributed by atoms with E-state index in [1.807, 2.05) is 0 Å². The van der Waals surface area contributed by atoms with Gasteiger partial charge in [-0.15, -0.1) is 11.6 Å². The van der Waals surface area contributed by atoms with Crippen LogP contribution in [0.5, 0.6) is 0 Å². The van der Waals surface area contributed by atoms with Gasteiger partial charge < -0.3 is 4.74 Å². The van der Waals surface area contributed by atoms with Crippen LogP contribution in [0.4, 0.5) is 0 Å². The quantitative estimate of drug-likeness (QED) is 0.363. The lowest BCUT2D eigenvalue weighted by atomic mass is 10.3. The van der Waals surface area contributed by atoms with E-state index in [0.29, 0.717) is 31.7 Å². The number of sulfonamides is 1. The minimum Gasteiger partial charge on any atom is -0.469 e. The zero-order valence-electron chi connectivity index (χ0n) is 10.3. The molecule has 0 aromatic heterocycles. The average Bonchev–Trinajstić information content (AvgIpc) is 2.28. The number of carbonyl (C=O) groups excluding carboxylic acids is 1. The van der Waals surface area contributed by atoms with Gasteiger partial charge in [0.1, 0.15) is 0 Å². The van der Waals surface area contributed by atoms with Crippen molar-refractivity contribution in [3.8, 4) is 0 Å². The Labute approximate surface area is 108 Å². The number of ether oxygens (including phenoxy) is 1. The zero-order valence-corrected chi connectivity index (χ0v) is 11.9. The molecule has 102 valence electrons. The van der Waals surface area contributed by atoms with Crippen molar-refractivity contribution in [1.29, 1.82) is 0 Å². The summed E-state index contributed by atoms with van der Waals surface area (Å²) in [6, 6.07) is 0. The predicted octanol–water partition coefficient (Wildman–Crippen LogP) is 1.22. The Morgan fingerprint density at radius 2 is 1.94 bits per heavy atom. The maximum Gasteiger partial charge on any atom is 0.305 e. The monoisotopic (exact) mass is 285 g/mol. The lowest BCUT2D eigenvalue weighted by Crippen LogP contribution is -2.30. The molecule has 0 fully saturated rings. The number of alkyl halides is 1. The van der Waals surface area contributed by atoms with Gasteiger partial charge in [-0.3, -0.25) is 4.79 Å². The summed E-state index contributed by atoms with van der Waals surface area (Å²) in [5.41, 5.74) is 0. The molecule has 17 heavy (non-hydrogen) atoms. The molecule has 0 saturated heterocycles. The van der Waals surface area contributed by atoms with Crippen LogP contribution in [0.25, 0.3) is 0 Å². The van der Waals surface area contributed by atoms with Gasteiger partial charge in [0.15, 0.2) is 0 Å². The van der Waals surface area contributed by atoms with Crippen LogP contribution < -0.4 is 0 Å². The molecule has 7 heteroatoms. The van der Waals surface area contributed by atoms with Gasteiger partial charge in [-0.25, -0.2) is 12.7 Å². The maximum absolute atomic E-state index is 11.7. The molecule has 0 N–H and O–H groups in total. The Kier molecular flexibility index (Phi) is 8.55. The molecule has 0 spiro atoms. The van der Waals surface area contributed by atoms with Crippen LogP contribution in [-0.4, -0.2) is 51.0 Å². The predicted molar refractivity (Wildman–Crippen MR) is 67.6 cm³/mol. The normalized spacial score (nSPS) is 11.8. The number of hydrogen-bond acceptors (Lipinski definition) is 4. The van der Waals surface area contributed by atoms with Gasteiger partial charge in [0.2, 0.25) is 10.0 Å². The van der Waals surface area contributed by atoms with Gasteiger partial charge in [-0.1, -0.05) is 0 Å². The molecule has 0 aliphatic heterocycles. The van der Waals surface area contributed by atoms with E-state index < -0.39 is 10.0 Å². The van der Waals surface area contributed by atoms with E-state index in [1.165, 1.54) is 18.5 Å². The first-order valence-corrected chi connectivity index (χ1v) is 7.65. The van der Waals surface area contributed by atoms with E-state index >= 15 is 0 Å². The van der Waals surface area contributed by atoms with Crippen molar-refractivity contribution in [1.82, 2.24) is 4.31 Å². The van der Waals surface area contributed by atoms with Crippen molar-refractivity contribution in [2.24, 2.45) is 0 Å². The third kappa shape index (κ3) is 7.57. The highest BCUT2D eigenvalue weighted by atomic mass is 35.5. The van der Waals surface area contributed by atoms with Crippen molar-refractivity contribution >= 4 is 27.6 Å². The Balaban J connectivity index is 3.94. The van der Waals surface area contributed by atoms with E-state index in [9.17, 15) is 13.2 Å². The molecule has 0 aliphatic carbocycles. The van der Waals surface area contributed by atoms with E-state index in [1.54, 1.807) is 0 Å². The number of esters is 1. The van der Waals surface area contributed by atoms with Gasteiger partial charge in [0.05, 0.1) is 12.9 Å². The standard InChI is InChI=1S/C10H20ClNO4S/c1-12(8-5-6-10(13)16-2)17(14,15)9-4-3-7-11/h3-9H2,1-2H3. The lowest BCUT2D eigenvalue weighted by molar-refractivity contribution is -0.140. The Morgan fingerprint density at radius 3 is 2.47 bits per heavy atom. The summed E-state index contributed by atoms with van der Waals surface area (Å²) in [7, 11) is -0.379. The minimum absolute atomic E-state index is 0.106. The number of carbonyl (C=O) groups is 1. The summed E-state index contributed by atoms with van der Waals surface area (Å²) in [6.07, 6.45) is 1.96.